The molecule has 3 rings (SSSR count). The minimum absolute atomic E-state index is 0.0706. The molecule has 0 N–H and O–H groups in total. The van der Waals surface area contributed by atoms with Gasteiger partial charge in [0, 0.05) is 7.05 Å². The van der Waals surface area contributed by atoms with E-state index >= 15 is 0 Å². The largest absolute Gasteiger partial charge is 0.453 e. The Kier molecular flexibility index (Phi) is 5.22. The van der Waals surface area contributed by atoms with E-state index in [4.69, 9.17) is 0 Å². The van der Waals surface area contributed by atoms with Crippen LogP contribution >= 0.6 is 0 Å². The summed E-state index contributed by atoms with van der Waals surface area (Å²) in [5.74, 6) is -2.49. The molecule has 0 spiro atoms. The van der Waals surface area contributed by atoms with Crippen LogP contribution in [0, 0.1) is 5.82 Å². The highest BCUT2D eigenvalue weighted by molar-refractivity contribution is 7.89. The summed E-state index contributed by atoms with van der Waals surface area (Å²) in [6.07, 6.45) is -10.2. The van der Waals surface area contributed by atoms with Crippen LogP contribution in [0.4, 0.5) is 30.7 Å². The molecule has 7 nitrogen and oxygen atoms in total. The summed E-state index contributed by atoms with van der Waals surface area (Å²) < 4.78 is 118. The number of nitrogens with zero attached hydrogens (tertiary/aromatic N) is 5. The second-order valence-corrected chi connectivity index (χ2v) is 7.92. The van der Waals surface area contributed by atoms with Crippen LogP contribution in [-0.4, -0.2) is 45.8 Å². The second-order valence-electron chi connectivity index (χ2n) is 5.98. The van der Waals surface area contributed by atoms with Gasteiger partial charge < -0.3 is 0 Å². The van der Waals surface area contributed by atoms with E-state index in [0.717, 1.165) is 18.2 Å². The van der Waals surface area contributed by atoms with Crippen LogP contribution in [0.15, 0.2) is 41.4 Å². The first-order valence-corrected chi connectivity index (χ1v) is 9.27. The van der Waals surface area contributed by atoms with Gasteiger partial charge in [0.1, 0.15) is 11.9 Å². The lowest BCUT2D eigenvalue weighted by Gasteiger charge is -2.29. The van der Waals surface area contributed by atoms with Gasteiger partial charge in [-0.2, -0.15) is 40.3 Å². The second kappa shape index (κ2) is 7.16. The predicted molar refractivity (Wildman–Crippen MR) is 85.9 cm³/mol. The molecule has 0 saturated heterocycles. The number of aromatic nitrogens is 4. The third-order valence-electron chi connectivity index (χ3n) is 3.99. The minimum Gasteiger partial charge on any atom is -0.207 e. The van der Waals surface area contributed by atoms with E-state index in [1.54, 1.807) is 0 Å². The van der Waals surface area contributed by atoms with Crippen LogP contribution in [0.5, 0.6) is 0 Å². The molecule has 0 fully saturated rings. The molecule has 0 amide bonds. The van der Waals surface area contributed by atoms with Crippen molar-refractivity contribution >= 4 is 15.7 Å². The molecule has 0 aliphatic heterocycles. The van der Waals surface area contributed by atoms with Crippen molar-refractivity contribution in [1.82, 2.24) is 24.1 Å². The highest BCUT2D eigenvalue weighted by atomic mass is 32.2. The van der Waals surface area contributed by atoms with Crippen molar-refractivity contribution in [2.45, 2.75) is 23.4 Å². The summed E-state index contributed by atoms with van der Waals surface area (Å²) in [5, 5.41) is 8.24. The molecule has 1 atom stereocenters. The highest BCUT2D eigenvalue weighted by Gasteiger charge is 2.48. The van der Waals surface area contributed by atoms with E-state index in [-0.39, 0.29) is 8.82 Å². The zero-order chi connectivity index (χ0) is 22.5. The first-order chi connectivity index (χ1) is 13.7. The Morgan fingerprint density at radius 3 is 2.10 bits per heavy atom. The molecule has 0 aliphatic rings. The van der Waals surface area contributed by atoms with E-state index in [9.17, 15) is 39.2 Å². The lowest BCUT2D eigenvalue weighted by atomic mass is 10.1. The Hall–Kier alpha value is -2.81. The smallest absolute Gasteiger partial charge is 0.207 e. The number of sulfonamides is 1. The standard InChI is InChI=1S/C15H10F7N5O2S/c1-26(12(14(17,18)19)8-2-4-9(16)5-3-8)30(28,29)11-7-6-10-23-24-13(15(20,21)22)27(10)25-11/h2-7,12H,1H3/t12-/m1/s1. The number of benzene rings is 1. The van der Waals surface area contributed by atoms with E-state index in [1.165, 1.54) is 0 Å². The monoisotopic (exact) mass is 457 g/mol. The number of hydrogen-bond acceptors (Lipinski definition) is 5. The Bertz CT molecular complexity index is 1170. The summed E-state index contributed by atoms with van der Waals surface area (Å²) in [6.45, 7) is 0. The molecule has 0 bridgehead atoms. The van der Waals surface area contributed by atoms with Crippen LogP contribution in [-0.2, 0) is 16.2 Å². The molecule has 2 aromatic heterocycles. The number of halogens is 7. The zero-order valence-corrected chi connectivity index (χ0v) is 15.5. The predicted octanol–water partition coefficient (Wildman–Crippen LogP) is 3.21. The van der Waals surface area contributed by atoms with Gasteiger partial charge in [0.15, 0.2) is 10.7 Å². The number of fused-ring (bicyclic) bond motifs is 1. The number of rotatable bonds is 4. The molecule has 0 unspecified atom stereocenters. The summed E-state index contributed by atoms with van der Waals surface area (Å²) in [4.78, 5) is 0. The fourth-order valence-corrected chi connectivity index (χ4v) is 3.86. The average Bonchev–Trinajstić information content (AvgIpc) is 3.06. The normalized spacial score (nSPS) is 14.4. The molecule has 0 saturated carbocycles. The molecule has 0 aliphatic carbocycles. The van der Waals surface area contributed by atoms with E-state index in [1.807, 2.05) is 0 Å². The van der Waals surface area contributed by atoms with Gasteiger partial charge in [0.25, 0.3) is 15.8 Å². The molecular weight excluding hydrogens is 447 g/mol. The third-order valence-corrected chi connectivity index (χ3v) is 5.71. The highest BCUT2D eigenvalue weighted by Crippen LogP contribution is 2.39. The van der Waals surface area contributed by atoms with Crippen LogP contribution < -0.4 is 0 Å². The van der Waals surface area contributed by atoms with Gasteiger partial charge in [-0.25, -0.2) is 12.8 Å². The Morgan fingerprint density at radius 1 is 0.967 bits per heavy atom. The first-order valence-electron chi connectivity index (χ1n) is 7.83. The first kappa shape index (κ1) is 21.9. The van der Waals surface area contributed by atoms with Crippen LogP contribution in [0.2, 0.25) is 0 Å². The zero-order valence-electron chi connectivity index (χ0n) is 14.6. The Labute approximate surface area is 163 Å². The van der Waals surface area contributed by atoms with Gasteiger partial charge >= 0.3 is 12.4 Å². The van der Waals surface area contributed by atoms with Crippen molar-refractivity contribution in [3.63, 3.8) is 0 Å². The molecule has 162 valence electrons. The Morgan fingerprint density at radius 2 is 1.57 bits per heavy atom. The molecular formula is C15H10F7N5O2S. The van der Waals surface area contributed by atoms with Gasteiger partial charge in [-0.15, -0.1) is 10.2 Å². The van der Waals surface area contributed by atoms with Crippen molar-refractivity contribution in [3.05, 3.63) is 53.6 Å². The van der Waals surface area contributed by atoms with Gasteiger partial charge in [0.2, 0.25) is 0 Å². The van der Waals surface area contributed by atoms with E-state index in [2.05, 4.69) is 15.3 Å². The van der Waals surface area contributed by atoms with Gasteiger partial charge in [-0.1, -0.05) is 12.1 Å². The summed E-state index contributed by atoms with van der Waals surface area (Å²) in [5.41, 5.74) is -1.06. The van der Waals surface area contributed by atoms with Crippen molar-refractivity contribution < 1.29 is 39.2 Å². The van der Waals surface area contributed by atoms with Crippen molar-refractivity contribution in [2.24, 2.45) is 0 Å². The molecule has 1 aromatic carbocycles. The van der Waals surface area contributed by atoms with Crippen LogP contribution in [0.25, 0.3) is 5.65 Å². The van der Waals surface area contributed by atoms with Crippen molar-refractivity contribution in [3.8, 4) is 0 Å². The third kappa shape index (κ3) is 3.94. The summed E-state index contributed by atoms with van der Waals surface area (Å²) in [6, 6.07) is 1.69. The van der Waals surface area contributed by atoms with E-state index in [0.29, 0.717) is 25.2 Å². The van der Waals surface area contributed by atoms with Gasteiger partial charge in [-0.05, 0) is 29.8 Å². The maximum absolute atomic E-state index is 13.6. The number of alkyl halides is 6. The van der Waals surface area contributed by atoms with Crippen LogP contribution in [0.3, 0.4) is 0 Å². The fraction of sp³-hybridized carbons (Fsp3) is 0.267. The summed E-state index contributed by atoms with van der Waals surface area (Å²) in [7, 11) is -4.46. The average molecular weight is 457 g/mol. The SMILES string of the molecule is CN([C@H](c1ccc(F)cc1)C(F)(F)F)S(=O)(=O)c1ccc2nnc(C(F)(F)F)n2n1. The summed E-state index contributed by atoms with van der Waals surface area (Å²) >= 11 is 0. The van der Waals surface area contributed by atoms with Crippen molar-refractivity contribution in [2.75, 3.05) is 7.05 Å². The maximum atomic E-state index is 13.6. The van der Waals surface area contributed by atoms with Gasteiger partial charge in [-0.3, -0.25) is 0 Å². The lowest BCUT2D eigenvalue weighted by Crippen LogP contribution is -2.40. The van der Waals surface area contributed by atoms with Crippen LogP contribution in [0.1, 0.15) is 17.4 Å². The number of hydrogen-bond donors (Lipinski definition) is 0. The molecule has 0 radical (unpaired) electrons. The molecule has 3 aromatic rings. The molecule has 2 heterocycles. The fourth-order valence-electron chi connectivity index (χ4n) is 2.62. The molecule has 15 heteroatoms. The van der Waals surface area contributed by atoms with E-state index < -0.39 is 56.3 Å². The topological polar surface area (TPSA) is 80.5 Å². The molecule has 30 heavy (non-hydrogen) atoms. The lowest BCUT2D eigenvalue weighted by molar-refractivity contribution is -0.171. The minimum atomic E-state index is -5.13. The maximum Gasteiger partial charge on any atom is 0.453 e. The van der Waals surface area contributed by atoms with Crippen molar-refractivity contribution in [1.29, 1.82) is 0 Å². The Balaban J connectivity index is 2.11. The van der Waals surface area contributed by atoms with Gasteiger partial charge in [0.05, 0.1) is 0 Å². The quantitative estimate of drug-likeness (QED) is 0.563.